The van der Waals surface area contributed by atoms with Crippen molar-refractivity contribution < 1.29 is 4.79 Å². The summed E-state index contributed by atoms with van der Waals surface area (Å²) in [6, 6.07) is 3.90. The van der Waals surface area contributed by atoms with E-state index in [4.69, 9.17) is 5.73 Å². The first-order chi connectivity index (χ1) is 9.20. The number of nitrogens with two attached hydrogens (primary N) is 1. The monoisotopic (exact) mass is 319 g/mol. The highest BCUT2D eigenvalue weighted by molar-refractivity contribution is 9.10. The predicted octanol–water partition coefficient (Wildman–Crippen LogP) is 2.75. The van der Waals surface area contributed by atoms with Crippen LogP contribution in [0.25, 0.3) is 11.3 Å². The lowest BCUT2D eigenvalue weighted by Crippen LogP contribution is -2.17. The first kappa shape index (κ1) is 12.4. The fourth-order valence-electron chi connectivity index (χ4n) is 2.75. The third-order valence-electron chi connectivity index (χ3n) is 3.56. The van der Waals surface area contributed by atoms with Crippen molar-refractivity contribution in [2.75, 3.05) is 0 Å². The summed E-state index contributed by atoms with van der Waals surface area (Å²) >= 11 is 3.56. The number of pyridine rings is 1. The van der Waals surface area contributed by atoms with Gasteiger partial charge >= 0.3 is 0 Å². The van der Waals surface area contributed by atoms with Gasteiger partial charge in [0.15, 0.2) is 0 Å². The Morgan fingerprint density at radius 2 is 2.05 bits per heavy atom. The van der Waals surface area contributed by atoms with Crippen LogP contribution in [0.5, 0.6) is 0 Å². The zero-order valence-corrected chi connectivity index (χ0v) is 12.0. The summed E-state index contributed by atoms with van der Waals surface area (Å²) in [5.41, 5.74) is 9.31. The molecule has 4 nitrogen and oxygen atoms in total. The van der Waals surface area contributed by atoms with Crippen LogP contribution in [0.1, 0.15) is 28.9 Å². The van der Waals surface area contributed by atoms with E-state index in [1.807, 2.05) is 12.1 Å². The third kappa shape index (κ3) is 1.98. The van der Waals surface area contributed by atoms with Gasteiger partial charge in [-0.05, 0) is 47.3 Å². The largest absolute Gasteiger partial charge is 0.366 e. The molecule has 2 N–H and O–H groups in total. The molecular weight excluding hydrogens is 306 g/mol. The smallest absolute Gasteiger partial charge is 0.251 e. The van der Waals surface area contributed by atoms with E-state index in [0.717, 1.165) is 47.2 Å². The molecule has 0 aromatic carbocycles. The maximum Gasteiger partial charge on any atom is 0.251 e. The second-order valence-electron chi connectivity index (χ2n) is 4.69. The van der Waals surface area contributed by atoms with Gasteiger partial charge in [-0.25, -0.2) is 0 Å². The van der Waals surface area contributed by atoms with Crippen molar-refractivity contribution in [1.29, 1.82) is 0 Å². The van der Waals surface area contributed by atoms with E-state index < -0.39 is 0 Å². The van der Waals surface area contributed by atoms with Crippen LogP contribution in [0.3, 0.4) is 0 Å². The van der Waals surface area contributed by atoms with Crippen molar-refractivity contribution in [1.82, 2.24) is 9.55 Å². The van der Waals surface area contributed by atoms with Crippen LogP contribution < -0.4 is 5.73 Å². The molecule has 0 bridgehead atoms. The standard InChI is InChI=1S/C14H14BrN3O/c15-12-11(14(16)19)10-3-1-2-8-18(10)13(12)9-4-6-17-7-5-9/h4-7H,1-3,8H2,(H2,16,19). The fourth-order valence-corrected chi connectivity index (χ4v) is 3.61. The van der Waals surface area contributed by atoms with E-state index in [0.29, 0.717) is 5.56 Å². The number of amides is 1. The van der Waals surface area contributed by atoms with Crippen molar-refractivity contribution in [2.24, 2.45) is 5.73 Å². The minimum absolute atomic E-state index is 0.363. The minimum atomic E-state index is -0.363. The molecule has 0 radical (unpaired) electrons. The molecule has 2 aromatic rings. The normalized spacial score (nSPS) is 14.2. The fraction of sp³-hybridized carbons (Fsp3) is 0.286. The molecule has 1 aliphatic rings. The number of carbonyl (C=O) groups is 1. The van der Waals surface area contributed by atoms with Crippen molar-refractivity contribution >= 4 is 21.8 Å². The van der Waals surface area contributed by atoms with Crippen LogP contribution in [-0.2, 0) is 13.0 Å². The van der Waals surface area contributed by atoms with E-state index in [1.54, 1.807) is 12.4 Å². The first-order valence-electron chi connectivity index (χ1n) is 6.31. The Balaban J connectivity index is 2.28. The highest BCUT2D eigenvalue weighted by Crippen LogP contribution is 2.38. The molecule has 3 heterocycles. The molecule has 0 saturated heterocycles. The zero-order valence-electron chi connectivity index (χ0n) is 10.4. The van der Waals surface area contributed by atoms with Crippen LogP contribution in [0.15, 0.2) is 29.0 Å². The molecule has 0 fully saturated rings. The average molecular weight is 320 g/mol. The Morgan fingerprint density at radius 3 is 2.74 bits per heavy atom. The van der Waals surface area contributed by atoms with Crippen LogP contribution in [0.4, 0.5) is 0 Å². The van der Waals surface area contributed by atoms with E-state index in [1.165, 1.54) is 0 Å². The Morgan fingerprint density at radius 1 is 1.32 bits per heavy atom. The second kappa shape index (κ2) is 4.81. The Labute approximate surface area is 119 Å². The van der Waals surface area contributed by atoms with Crippen LogP contribution in [0, 0.1) is 0 Å². The maximum atomic E-state index is 11.7. The van der Waals surface area contributed by atoms with E-state index in [-0.39, 0.29) is 5.91 Å². The molecular formula is C14H14BrN3O. The van der Waals surface area contributed by atoms with E-state index in [2.05, 4.69) is 25.5 Å². The lowest BCUT2D eigenvalue weighted by Gasteiger charge is -2.18. The van der Waals surface area contributed by atoms with E-state index in [9.17, 15) is 4.79 Å². The van der Waals surface area contributed by atoms with Gasteiger partial charge in [0.05, 0.1) is 15.7 Å². The third-order valence-corrected chi connectivity index (χ3v) is 4.33. The quantitative estimate of drug-likeness (QED) is 0.925. The lowest BCUT2D eigenvalue weighted by atomic mass is 10.1. The zero-order chi connectivity index (χ0) is 13.4. The Bertz CT molecular complexity index is 634. The van der Waals surface area contributed by atoms with Gasteiger partial charge in [0.2, 0.25) is 0 Å². The number of nitrogens with zero attached hydrogens (tertiary/aromatic N) is 2. The molecule has 1 amide bonds. The number of halogens is 1. The molecule has 0 atom stereocenters. The van der Waals surface area contributed by atoms with Crippen molar-refractivity contribution in [2.45, 2.75) is 25.8 Å². The topological polar surface area (TPSA) is 60.9 Å². The van der Waals surface area contributed by atoms with Gasteiger partial charge in [-0.1, -0.05) is 0 Å². The molecule has 3 rings (SSSR count). The Kier molecular flexibility index (Phi) is 3.14. The maximum absolute atomic E-state index is 11.7. The number of hydrogen-bond donors (Lipinski definition) is 1. The molecule has 0 unspecified atom stereocenters. The summed E-state index contributed by atoms with van der Waals surface area (Å²) in [5, 5.41) is 0. The minimum Gasteiger partial charge on any atom is -0.366 e. The molecule has 2 aromatic heterocycles. The summed E-state index contributed by atoms with van der Waals surface area (Å²) in [6.07, 6.45) is 6.65. The van der Waals surface area contributed by atoms with Crippen LogP contribution in [0.2, 0.25) is 0 Å². The molecule has 98 valence electrons. The Hall–Kier alpha value is -1.62. The van der Waals surface area contributed by atoms with Gasteiger partial charge in [0, 0.05) is 30.2 Å². The summed E-state index contributed by atoms with van der Waals surface area (Å²) in [6.45, 7) is 0.929. The van der Waals surface area contributed by atoms with Crippen molar-refractivity contribution in [3.8, 4) is 11.3 Å². The molecule has 19 heavy (non-hydrogen) atoms. The summed E-state index contributed by atoms with van der Waals surface area (Å²) in [7, 11) is 0. The molecule has 1 aliphatic heterocycles. The first-order valence-corrected chi connectivity index (χ1v) is 7.10. The molecule has 5 heteroatoms. The van der Waals surface area contributed by atoms with Crippen LogP contribution >= 0.6 is 15.9 Å². The molecule has 0 saturated carbocycles. The highest BCUT2D eigenvalue weighted by Gasteiger charge is 2.26. The van der Waals surface area contributed by atoms with Crippen LogP contribution in [-0.4, -0.2) is 15.5 Å². The number of aromatic nitrogens is 2. The van der Waals surface area contributed by atoms with Gasteiger partial charge in [0.1, 0.15) is 0 Å². The highest BCUT2D eigenvalue weighted by atomic mass is 79.9. The van der Waals surface area contributed by atoms with Gasteiger partial charge < -0.3 is 10.3 Å². The molecule has 0 spiro atoms. The van der Waals surface area contributed by atoms with E-state index >= 15 is 0 Å². The average Bonchev–Trinajstić information content (AvgIpc) is 2.71. The van der Waals surface area contributed by atoms with Gasteiger partial charge in [-0.3, -0.25) is 9.78 Å². The second-order valence-corrected chi connectivity index (χ2v) is 5.49. The number of rotatable bonds is 2. The van der Waals surface area contributed by atoms with Crippen molar-refractivity contribution in [3.05, 3.63) is 40.3 Å². The van der Waals surface area contributed by atoms with Gasteiger partial charge in [-0.15, -0.1) is 0 Å². The summed E-state index contributed by atoms with van der Waals surface area (Å²) < 4.78 is 3.02. The number of fused-ring (bicyclic) bond motifs is 1. The molecule has 0 aliphatic carbocycles. The predicted molar refractivity (Wildman–Crippen MR) is 76.8 cm³/mol. The van der Waals surface area contributed by atoms with Gasteiger partial charge in [-0.2, -0.15) is 0 Å². The summed E-state index contributed by atoms with van der Waals surface area (Å²) in [4.78, 5) is 15.7. The number of hydrogen-bond acceptors (Lipinski definition) is 2. The number of primary amides is 1. The summed E-state index contributed by atoms with van der Waals surface area (Å²) in [5.74, 6) is -0.363. The SMILES string of the molecule is NC(=O)c1c(Br)c(-c2ccncc2)n2c1CCCC2. The lowest BCUT2D eigenvalue weighted by molar-refractivity contribution is 0.0998. The van der Waals surface area contributed by atoms with Crippen molar-refractivity contribution in [3.63, 3.8) is 0 Å². The van der Waals surface area contributed by atoms with Gasteiger partial charge in [0.25, 0.3) is 5.91 Å². The number of carbonyl (C=O) groups excluding carboxylic acids is 1.